The summed E-state index contributed by atoms with van der Waals surface area (Å²) < 4.78 is 5.17. The van der Waals surface area contributed by atoms with Crippen LogP contribution in [0, 0.1) is 5.92 Å². The van der Waals surface area contributed by atoms with Crippen molar-refractivity contribution in [1.29, 1.82) is 0 Å². The Labute approximate surface area is 133 Å². The first-order valence-electron chi connectivity index (χ1n) is 8.30. The van der Waals surface area contributed by atoms with E-state index >= 15 is 0 Å². The van der Waals surface area contributed by atoms with Gasteiger partial charge in [0.1, 0.15) is 5.75 Å². The van der Waals surface area contributed by atoms with Gasteiger partial charge < -0.3 is 15.4 Å². The molecule has 1 aromatic carbocycles. The van der Waals surface area contributed by atoms with E-state index in [1.807, 2.05) is 12.1 Å². The van der Waals surface area contributed by atoms with Crippen molar-refractivity contribution in [2.75, 3.05) is 26.7 Å². The normalized spacial score (nSPS) is 18.9. The quantitative estimate of drug-likeness (QED) is 0.776. The van der Waals surface area contributed by atoms with E-state index in [-0.39, 0.29) is 5.91 Å². The number of ether oxygens (including phenoxy) is 1. The molecule has 0 aromatic heterocycles. The zero-order chi connectivity index (χ0) is 15.8. The molecule has 1 aliphatic heterocycles. The van der Waals surface area contributed by atoms with Crippen LogP contribution in [0.1, 0.15) is 44.1 Å². The van der Waals surface area contributed by atoms with E-state index < -0.39 is 0 Å². The maximum absolute atomic E-state index is 11.9. The van der Waals surface area contributed by atoms with Crippen molar-refractivity contribution < 1.29 is 9.53 Å². The summed E-state index contributed by atoms with van der Waals surface area (Å²) >= 11 is 0. The average molecular weight is 304 g/mol. The number of benzene rings is 1. The summed E-state index contributed by atoms with van der Waals surface area (Å²) in [5.41, 5.74) is 1.28. The van der Waals surface area contributed by atoms with Gasteiger partial charge in [-0.2, -0.15) is 0 Å². The van der Waals surface area contributed by atoms with Crippen LogP contribution in [0.25, 0.3) is 0 Å². The summed E-state index contributed by atoms with van der Waals surface area (Å²) in [4.78, 5) is 11.9. The van der Waals surface area contributed by atoms with Gasteiger partial charge in [-0.3, -0.25) is 4.79 Å². The zero-order valence-corrected chi connectivity index (χ0v) is 13.7. The Balaban J connectivity index is 1.62. The molecule has 2 N–H and O–H groups in total. The molecule has 1 saturated heterocycles. The molecule has 1 aliphatic rings. The molecule has 2 rings (SSSR count). The highest BCUT2D eigenvalue weighted by molar-refractivity contribution is 5.75. The second-order valence-corrected chi connectivity index (χ2v) is 6.21. The maximum atomic E-state index is 11.9. The number of hydrogen-bond acceptors (Lipinski definition) is 3. The highest BCUT2D eigenvalue weighted by atomic mass is 16.5. The van der Waals surface area contributed by atoms with Gasteiger partial charge in [0.05, 0.1) is 7.11 Å². The van der Waals surface area contributed by atoms with Crippen LogP contribution >= 0.6 is 0 Å². The summed E-state index contributed by atoms with van der Waals surface area (Å²) in [7, 11) is 1.68. The fraction of sp³-hybridized carbons (Fsp3) is 0.611. The van der Waals surface area contributed by atoms with Gasteiger partial charge in [0.25, 0.3) is 0 Å². The SMILES string of the molecule is COc1ccc(C(C)CCNC(=O)CCC2CCNC2)cc1. The monoisotopic (exact) mass is 304 g/mol. The molecule has 1 aromatic rings. The third-order valence-electron chi connectivity index (χ3n) is 4.53. The summed E-state index contributed by atoms with van der Waals surface area (Å²) in [6.07, 6.45) is 3.83. The van der Waals surface area contributed by atoms with Gasteiger partial charge >= 0.3 is 0 Å². The largest absolute Gasteiger partial charge is 0.497 e. The molecule has 122 valence electrons. The summed E-state index contributed by atoms with van der Waals surface area (Å²) in [6.45, 7) is 5.11. The van der Waals surface area contributed by atoms with Crippen molar-refractivity contribution >= 4 is 5.91 Å². The molecule has 0 radical (unpaired) electrons. The van der Waals surface area contributed by atoms with Gasteiger partial charge in [-0.15, -0.1) is 0 Å². The Kier molecular flexibility index (Phi) is 6.72. The van der Waals surface area contributed by atoms with Crippen LogP contribution in [-0.2, 0) is 4.79 Å². The minimum Gasteiger partial charge on any atom is -0.497 e. The topological polar surface area (TPSA) is 50.4 Å². The first-order chi connectivity index (χ1) is 10.7. The van der Waals surface area contributed by atoms with E-state index in [4.69, 9.17) is 4.74 Å². The maximum Gasteiger partial charge on any atom is 0.220 e. The van der Waals surface area contributed by atoms with Gasteiger partial charge in [-0.1, -0.05) is 19.1 Å². The standard InChI is InChI=1S/C18H28N2O2/c1-14(16-4-6-17(22-2)7-5-16)9-12-20-18(21)8-3-15-10-11-19-13-15/h4-7,14-15,19H,3,8-13H2,1-2H3,(H,20,21). The molecule has 4 heteroatoms. The van der Waals surface area contributed by atoms with E-state index in [2.05, 4.69) is 29.7 Å². The molecule has 4 nitrogen and oxygen atoms in total. The molecule has 2 atom stereocenters. The number of amides is 1. The van der Waals surface area contributed by atoms with Crippen LogP contribution in [0.3, 0.4) is 0 Å². The molecule has 1 amide bonds. The number of carbonyl (C=O) groups is 1. The third-order valence-corrected chi connectivity index (χ3v) is 4.53. The number of nitrogens with one attached hydrogen (secondary N) is 2. The van der Waals surface area contributed by atoms with Crippen molar-refractivity contribution in [3.8, 4) is 5.75 Å². The first kappa shape index (κ1) is 16.8. The lowest BCUT2D eigenvalue weighted by Crippen LogP contribution is -2.25. The second-order valence-electron chi connectivity index (χ2n) is 6.21. The highest BCUT2D eigenvalue weighted by Crippen LogP contribution is 2.21. The van der Waals surface area contributed by atoms with Gasteiger partial charge in [0, 0.05) is 13.0 Å². The van der Waals surface area contributed by atoms with Crippen molar-refractivity contribution in [3.63, 3.8) is 0 Å². The first-order valence-corrected chi connectivity index (χ1v) is 8.30. The molecule has 0 aliphatic carbocycles. The van der Waals surface area contributed by atoms with E-state index in [0.29, 0.717) is 18.3 Å². The zero-order valence-electron chi connectivity index (χ0n) is 13.7. The lowest BCUT2D eigenvalue weighted by atomic mass is 9.97. The van der Waals surface area contributed by atoms with Gasteiger partial charge in [0.2, 0.25) is 5.91 Å². The minimum absolute atomic E-state index is 0.189. The van der Waals surface area contributed by atoms with Crippen molar-refractivity contribution in [1.82, 2.24) is 10.6 Å². The van der Waals surface area contributed by atoms with E-state index in [1.165, 1.54) is 12.0 Å². The Morgan fingerprint density at radius 2 is 2.18 bits per heavy atom. The second kappa shape index (κ2) is 8.79. The number of hydrogen-bond donors (Lipinski definition) is 2. The highest BCUT2D eigenvalue weighted by Gasteiger charge is 2.15. The van der Waals surface area contributed by atoms with Crippen LogP contribution < -0.4 is 15.4 Å². The van der Waals surface area contributed by atoms with Crippen LogP contribution in [0.15, 0.2) is 24.3 Å². The third kappa shape index (κ3) is 5.34. The smallest absolute Gasteiger partial charge is 0.220 e. The fourth-order valence-electron chi connectivity index (χ4n) is 2.91. The summed E-state index contributed by atoms with van der Waals surface area (Å²) in [5.74, 6) is 2.19. The Bertz CT molecular complexity index is 453. The molecule has 22 heavy (non-hydrogen) atoms. The van der Waals surface area contributed by atoms with E-state index in [0.717, 1.165) is 38.2 Å². The molecular weight excluding hydrogens is 276 g/mol. The predicted octanol–water partition coefficient (Wildman–Crippen LogP) is 2.69. The average Bonchev–Trinajstić information content (AvgIpc) is 3.06. The summed E-state index contributed by atoms with van der Waals surface area (Å²) in [5, 5.41) is 6.39. The molecule has 0 bridgehead atoms. The van der Waals surface area contributed by atoms with Gasteiger partial charge in [-0.25, -0.2) is 0 Å². The molecule has 0 saturated carbocycles. The molecule has 2 unspecified atom stereocenters. The molecule has 0 spiro atoms. The van der Waals surface area contributed by atoms with Crippen molar-refractivity contribution in [3.05, 3.63) is 29.8 Å². The Morgan fingerprint density at radius 3 is 2.82 bits per heavy atom. The van der Waals surface area contributed by atoms with Crippen LogP contribution in [0.5, 0.6) is 5.75 Å². The lowest BCUT2D eigenvalue weighted by Gasteiger charge is -2.13. The number of rotatable bonds is 8. The Morgan fingerprint density at radius 1 is 1.41 bits per heavy atom. The van der Waals surface area contributed by atoms with E-state index in [1.54, 1.807) is 7.11 Å². The van der Waals surface area contributed by atoms with Crippen LogP contribution in [-0.4, -0.2) is 32.7 Å². The molecular formula is C18H28N2O2. The van der Waals surface area contributed by atoms with Crippen molar-refractivity contribution in [2.45, 2.75) is 38.5 Å². The van der Waals surface area contributed by atoms with Crippen molar-refractivity contribution in [2.24, 2.45) is 5.92 Å². The Hall–Kier alpha value is -1.55. The van der Waals surface area contributed by atoms with Gasteiger partial charge in [0.15, 0.2) is 0 Å². The van der Waals surface area contributed by atoms with Gasteiger partial charge in [-0.05, 0) is 61.9 Å². The van der Waals surface area contributed by atoms with E-state index in [9.17, 15) is 4.79 Å². The minimum atomic E-state index is 0.189. The number of carbonyl (C=O) groups excluding carboxylic acids is 1. The van der Waals surface area contributed by atoms with Crippen LogP contribution in [0.2, 0.25) is 0 Å². The lowest BCUT2D eigenvalue weighted by molar-refractivity contribution is -0.121. The van der Waals surface area contributed by atoms with Crippen LogP contribution in [0.4, 0.5) is 0 Å². The number of methoxy groups -OCH3 is 1. The predicted molar refractivity (Wildman–Crippen MR) is 89.2 cm³/mol. The fourth-order valence-corrected chi connectivity index (χ4v) is 2.91. The molecule has 1 fully saturated rings. The summed E-state index contributed by atoms with van der Waals surface area (Å²) in [6, 6.07) is 8.16. The molecule has 1 heterocycles.